The number of hydrogen-bond acceptors (Lipinski definition) is 4. The van der Waals surface area contributed by atoms with E-state index in [0.717, 1.165) is 18.7 Å². The molecule has 0 aromatic carbocycles. The van der Waals surface area contributed by atoms with Crippen molar-refractivity contribution < 1.29 is 4.39 Å². The number of hydrogen-bond donors (Lipinski definition) is 0. The van der Waals surface area contributed by atoms with Gasteiger partial charge in [0.25, 0.3) is 0 Å². The van der Waals surface area contributed by atoms with E-state index in [1.165, 1.54) is 11.9 Å². The van der Waals surface area contributed by atoms with Crippen molar-refractivity contribution in [3.05, 3.63) is 48.3 Å². The van der Waals surface area contributed by atoms with E-state index in [1.807, 2.05) is 19.4 Å². The molecular weight excluding hydrogens is 293 g/mol. The number of nitrogens with zero attached hydrogens (tertiary/aromatic N) is 5. The number of likely N-dealkylation sites (tertiary alicyclic amines) is 1. The maximum Gasteiger partial charge on any atom is 0.115 e. The van der Waals surface area contributed by atoms with Crippen LogP contribution in [-0.4, -0.2) is 56.7 Å². The first-order valence-electron chi connectivity index (χ1n) is 8.01. The molecule has 6 heteroatoms. The maximum absolute atomic E-state index is 13.9. The second-order valence-electron chi connectivity index (χ2n) is 6.54. The molecule has 0 spiro atoms. The Balaban J connectivity index is 1.58. The van der Waals surface area contributed by atoms with Gasteiger partial charge in [0.05, 0.1) is 0 Å². The molecule has 1 saturated heterocycles. The highest BCUT2D eigenvalue weighted by atomic mass is 19.1. The highest BCUT2D eigenvalue weighted by Gasteiger charge is 2.32. The molecule has 0 amide bonds. The summed E-state index contributed by atoms with van der Waals surface area (Å²) < 4.78 is 16.0. The van der Waals surface area contributed by atoms with Gasteiger partial charge in [0, 0.05) is 69.6 Å². The van der Waals surface area contributed by atoms with Gasteiger partial charge < -0.3 is 9.47 Å². The van der Waals surface area contributed by atoms with Crippen LogP contribution in [0.2, 0.25) is 0 Å². The average molecular weight is 317 g/mol. The Morgan fingerprint density at radius 3 is 2.78 bits per heavy atom. The molecule has 0 radical (unpaired) electrons. The molecule has 2 aromatic heterocycles. The largest absolute Gasteiger partial charge is 0.357 e. The first-order valence-corrected chi connectivity index (χ1v) is 8.01. The molecule has 2 aromatic rings. The van der Waals surface area contributed by atoms with Crippen molar-refractivity contribution >= 4 is 0 Å². The van der Waals surface area contributed by atoms with Crippen LogP contribution in [0.4, 0.5) is 4.39 Å². The van der Waals surface area contributed by atoms with E-state index in [4.69, 9.17) is 0 Å². The lowest BCUT2D eigenvalue weighted by atomic mass is 10.2. The Bertz CT molecular complexity index is 614. The smallest absolute Gasteiger partial charge is 0.115 e. The predicted molar refractivity (Wildman–Crippen MR) is 87.5 cm³/mol. The van der Waals surface area contributed by atoms with Gasteiger partial charge in [-0.25, -0.2) is 14.4 Å². The lowest BCUT2D eigenvalue weighted by Gasteiger charge is -2.28. The van der Waals surface area contributed by atoms with Crippen LogP contribution < -0.4 is 0 Å². The van der Waals surface area contributed by atoms with E-state index >= 15 is 0 Å². The fraction of sp³-hybridized carbons (Fsp3) is 0.529. The Morgan fingerprint density at radius 2 is 2.09 bits per heavy atom. The zero-order valence-corrected chi connectivity index (χ0v) is 13.8. The first-order chi connectivity index (χ1) is 11.1. The third-order valence-electron chi connectivity index (χ3n) is 4.34. The second-order valence-corrected chi connectivity index (χ2v) is 6.54. The second kappa shape index (κ2) is 7.19. The number of likely N-dealkylation sites (N-methyl/N-ethyl adjacent to an activating group) is 1. The lowest BCUT2D eigenvalue weighted by Crippen LogP contribution is -2.38. The van der Waals surface area contributed by atoms with Crippen molar-refractivity contribution in [3.8, 4) is 0 Å². The molecule has 0 aliphatic carbocycles. The zero-order valence-electron chi connectivity index (χ0n) is 13.8. The quantitative estimate of drug-likeness (QED) is 0.815. The van der Waals surface area contributed by atoms with Gasteiger partial charge in [-0.1, -0.05) is 0 Å². The summed E-state index contributed by atoms with van der Waals surface area (Å²) >= 11 is 0. The van der Waals surface area contributed by atoms with Crippen LogP contribution in [0, 0.1) is 0 Å². The van der Waals surface area contributed by atoms with Crippen LogP contribution in [0.15, 0.2) is 37.2 Å². The molecular formula is C17H24FN5. The van der Waals surface area contributed by atoms with E-state index in [2.05, 4.69) is 49.8 Å². The Morgan fingerprint density at radius 1 is 1.30 bits per heavy atom. The molecule has 2 atom stereocenters. The van der Waals surface area contributed by atoms with E-state index in [-0.39, 0.29) is 6.04 Å². The molecule has 1 aliphatic heterocycles. The number of rotatable bonds is 6. The van der Waals surface area contributed by atoms with Gasteiger partial charge in [-0.15, -0.1) is 0 Å². The van der Waals surface area contributed by atoms with Gasteiger partial charge in [0.15, 0.2) is 0 Å². The van der Waals surface area contributed by atoms with Crippen LogP contribution in [0.5, 0.6) is 0 Å². The number of halogens is 1. The summed E-state index contributed by atoms with van der Waals surface area (Å²) in [5.74, 6) is 0. The monoisotopic (exact) mass is 317 g/mol. The molecule has 124 valence electrons. The normalized spacial score (nSPS) is 22.1. The lowest BCUT2D eigenvalue weighted by molar-refractivity contribution is 0.180. The molecule has 3 rings (SSSR count). The van der Waals surface area contributed by atoms with Gasteiger partial charge in [-0.2, -0.15) is 0 Å². The summed E-state index contributed by atoms with van der Waals surface area (Å²) in [6.07, 6.45) is 9.19. The Hall–Kier alpha value is -1.79. The molecule has 5 nitrogen and oxygen atoms in total. The first kappa shape index (κ1) is 16.1. The van der Waals surface area contributed by atoms with Gasteiger partial charge in [-0.3, -0.25) is 4.90 Å². The van der Waals surface area contributed by atoms with Crippen LogP contribution in [0.1, 0.15) is 17.5 Å². The summed E-state index contributed by atoms with van der Waals surface area (Å²) in [4.78, 5) is 12.6. The average Bonchev–Trinajstić information content (AvgIpc) is 3.06. The summed E-state index contributed by atoms with van der Waals surface area (Å²) in [5.41, 5.74) is 2.32. The predicted octanol–water partition coefficient (Wildman–Crippen LogP) is 1.86. The Kier molecular flexibility index (Phi) is 5.03. The molecule has 0 bridgehead atoms. The van der Waals surface area contributed by atoms with Gasteiger partial charge >= 0.3 is 0 Å². The minimum Gasteiger partial charge on any atom is -0.357 e. The number of aryl methyl sites for hydroxylation is 1. The van der Waals surface area contributed by atoms with Gasteiger partial charge in [0.2, 0.25) is 0 Å². The van der Waals surface area contributed by atoms with Crippen molar-refractivity contribution in [3.63, 3.8) is 0 Å². The van der Waals surface area contributed by atoms with Crippen LogP contribution in [-0.2, 0) is 20.1 Å². The topological polar surface area (TPSA) is 37.2 Å². The van der Waals surface area contributed by atoms with Crippen LogP contribution in [0.25, 0.3) is 0 Å². The van der Waals surface area contributed by atoms with E-state index in [9.17, 15) is 4.39 Å². The van der Waals surface area contributed by atoms with Crippen molar-refractivity contribution in [1.29, 1.82) is 0 Å². The molecule has 0 N–H and O–H groups in total. The minimum absolute atomic E-state index is 0.235. The molecule has 0 saturated carbocycles. The van der Waals surface area contributed by atoms with Gasteiger partial charge in [-0.05, 0) is 25.1 Å². The number of alkyl halides is 1. The Labute approximate surface area is 136 Å². The molecule has 3 heterocycles. The van der Waals surface area contributed by atoms with Crippen molar-refractivity contribution in [2.75, 3.05) is 20.1 Å². The number of aromatic nitrogens is 3. The summed E-state index contributed by atoms with van der Waals surface area (Å²) in [7, 11) is 4.13. The highest BCUT2D eigenvalue weighted by molar-refractivity contribution is 5.10. The zero-order chi connectivity index (χ0) is 16.2. The van der Waals surface area contributed by atoms with E-state index < -0.39 is 6.17 Å². The van der Waals surface area contributed by atoms with Crippen molar-refractivity contribution in [2.24, 2.45) is 7.05 Å². The standard InChI is InChI=1S/C17H24FN5/c1-21-4-3-14(8-21)9-22(2)12-17-5-16(18)11-23(17)10-15-6-19-13-20-7-15/h3-4,6-8,13,16-17H,5,9-12H2,1-2H3/t16-,17-/m0/s1. The molecule has 1 aliphatic rings. The van der Waals surface area contributed by atoms with Crippen LogP contribution in [0.3, 0.4) is 0 Å². The summed E-state index contributed by atoms with van der Waals surface area (Å²) in [6, 6.07) is 2.36. The van der Waals surface area contributed by atoms with Crippen LogP contribution >= 0.6 is 0 Å². The fourth-order valence-corrected chi connectivity index (χ4v) is 3.34. The summed E-state index contributed by atoms with van der Waals surface area (Å²) in [5, 5.41) is 0. The highest BCUT2D eigenvalue weighted by Crippen LogP contribution is 2.23. The van der Waals surface area contributed by atoms with Crippen molar-refractivity contribution in [1.82, 2.24) is 24.3 Å². The van der Waals surface area contributed by atoms with Crippen molar-refractivity contribution in [2.45, 2.75) is 31.7 Å². The van der Waals surface area contributed by atoms with E-state index in [1.54, 1.807) is 0 Å². The molecule has 0 unspecified atom stereocenters. The third-order valence-corrected chi connectivity index (χ3v) is 4.34. The van der Waals surface area contributed by atoms with E-state index in [0.29, 0.717) is 19.5 Å². The molecule has 23 heavy (non-hydrogen) atoms. The fourth-order valence-electron chi connectivity index (χ4n) is 3.34. The molecule has 1 fully saturated rings. The van der Waals surface area contributed by atoms with Gasteiger partial charge in [0.1, 0.15) is 12.5 Å². The summed E-state index contributed by atoms with van der Waals surface area (Å²) in [6.45, 7) is 2.96. The SMILES string of the molecule is CN(Cc1ccn(C)c1)C[C@@H]1C[C@H](F)CN1Cc1cncnc1. The minimum atomic E-state index is -0.741. The maximum atomic E-state index is 13.9. The third kappa shape index (κ3) is 4.36.